The quantitative estimate of drug-likeness (QED) is 0.785. The van der Waals surface area contributed by atoms with Gasteiger partial charge in [0.1, 0.15) is 0 Å². The molecule has 0 unspecified atom stereocenters. The summed E-state index contributed by atoms with van der Waals surface area (Å²) < 4.78 is 1.80. The SMILES string of the molecule is CN1CCCC2=C1C=C(C#N)CC(c1cnn(C)c1)=C2. The van der Waals surface area contributed by atoms with Crippen LogP contribution >= 0.6 is 0 Å². The number of rotatable bonds is 1. The van der Waals surface area contributed by atoms with Crippen molar-refractivity contribution in [1.82, 2.24) is 14.7 Å². The molecule has 0 spiro atoms. The van der Waals surface area contributed by atoms with E-state index in [1.165, 1.54) is 23.3 Å². The summed E-state index contributed by atoms with van der Waals surface area (Å²) in [6.45, 7) is 1.06. The molecule has 0 saturated carbocycles. The van der Waals surface area contributed by atoms with E-state index in [-0.39, 0.29) is 0 Å². The molecule has 4 heteroatoms. The van der Waals surface area contributed by atoms with Crippen LogP contribution in [0.15, 0.2) is 41.4 Å². The number of hydrogen-bond donors (Lipinski definition) is 0. The molecule has 2 aliphatic rings. The molecule has 102 valence electrons. The van der Waals surface area contributed by atoms with Crippen molar-refractivity contribution in [2.45, 2.75) is 19.3 Å². The summed E-state index contributed by atoms with van der Waals surface area (Å²) in [5.41, 5.74) is 5.65. The molecular weight excluding hydrogens is 248 g/mol. The van der Waals surface area contributed by atoms with Crippen molar-refractivity contribution in [2.24, 2.45) is 7.05 Å². The Labute approximate surface area is 119 Å². The van der Waals surface area contributed by atoms with Gasteiger partial charge in [0.05, 0.1) is 12.3 Å². The molecule has 20 heavy (non-hydrogen) atoms. The molecule has 1 aromatic rings. The Morgan fingerprint density at radius 1 is 1.30 bits per heavy atom. The molecule has 1 aromatic heterocycles. The molecule has 0 fully saturated rings. The van der Waals surface area contributed by atoms with Crippen LogP contribution < -0.4 is 0 Å². The first-order valence-electron chi connectivity index (χ1n) is 6.92. The molecule has 0 bridgehead atoms. The maximum atomic E-state index is 9.36. The van der Waals surface area contributed by atoms with Crippen molar-refractivity contribution in [3.05, 3.63) is 47.0 Å². The van der Waals surface area contributed by atoms with E-state index in [1.54, 1.807) is 4.68 Å². The third kappa shape index (κ3) is 2.27. The molecule has 0 aromatic carbocycles. The van der Waals surface area contributed by atoms with Crippen LogP contribution in [0.1, 0.15) is 24.8 Å². The van der Waals surface area contributed by atoms with Gasteiger partial charge in [0.2, 0.25) is 0 Å². The zero-order valence-corrected chi connectivity index (χ0v) is 11.9. The smallest absolute Gasteiger partial charge is 0.0951 e. The highest BCUT2D eigenvalue weighted by molar-refractivity contribution is 5.72. The van der Waals surface area contributed by atoms with Gasteiger partial charge in [-0.2, -0.15) is 10.4 Å². The summed E-state index contributed by atoms with van der Waals surface area (Å²) in [6, 6.07) is 2.34. The largest absolute Gasteiger partial charge is 0.374 e. The van der Waals surface area contributed by atoms with E-state index < -0.39 is 0 Å². The van der Waals surface area contributed by atoms with E-state index in [0.717, 1.165) is 24.1 Å². The summed E-state index contributed by atoms with van der Waals surface area (Å²) in [4.78, 5) is 2.25. The lowest BCUT2D eigenvalue weighted by molar-refractivity contribution is 0.394. The fourth-order valence-corrected chi connectivity index (χ4v) is 2.88. The number of aromatic nitrogens is 2. The summed E-state index contributed by atoms with van der Waals surface area (Å²) in [6.07, 6.45) is 11.1. The van der Waals surface area contributed by atoms with Crippen molar-refractivity contribution in [2.75, 3.05) is 13.6 Å². The average molecular weight is 266 g/mol. The predicted octanol–water partition coefficient (Wildman–Crippen LogP) is 2.64. The minimum atomic E-state index is 0.684. The standard InChI is InChI=1S/C16H18N4/c1-19-5-3-4-13-8-14(15-10-18-20(2)11-15)6-12(9-17)7-16(13)19/h7-8,10-11H,3-6H2,1-2H3. The van der Waals surface area contributed by atoms with Crippen LogP contribution in [0.2, 0.25) is 0 Å². The zero-order valence-electron chi connectivity index (χ0n) is 11.9. The number of nitriles is 1. The predicted molar refractivity (Wildman–Crippen MR) is 78.4 cm³/mol. The maximum absolute atomic E-state index is 9.36. The van der Waals surface area contributed by atoms with Gasteiger partial charge in [0.25, 0.3) is 0 Å². The van der Waals surface area contributed by atoms with Crippen LogP contribution in [0.3, 0.4) is 0 Å². The molecule has 0 radical (unpaired) electrons. The van der Waals surface area contributed by atoms with E-state index in [9.17, 15) is 5.26 Å². The Morgan fingerprint density at radius 3 is 2.85 bits per heavy atom. The van der Waals surface area contributed by atoms with E-state index in [0.29, 0.717) is 6.42 Å². The minimum absolute atomic E-state index is 0.684. The Morgan fingerprint density at radius 2 is 2.15 bits per heavy atom. The first-order chi connectivity index (χ1) is 9.67. The van der Waals surface area contributed by atoms with Gasteiger partial charge in [0.15, 0.2) is 0 Å². The van der Waals surface area contributed by atoms with Gasteiger partial charge < -0.3 is 4.90 Å². The highest BCUT2D eigenvalue weighted by Crippen LogP contribution is 2.33. The molecule has 0 atom stereocenters. The molecule has 1 aliphatic heterocycles. The normalized spacial score (nSPS) is 18.9. The van der Waals surface area contributed by atoms with Crippen molar-refractivity contribution < 1.29 is 0 Å². The topological polar surface area (TPSA) is 44.9 Å². The fourth-order valence-electron chi connectivity index (χ4n) is 2.88. The van der Waals surface area contributed by atoms with Crippen LogP contribution in [-0.2, 0) is 7.05 Å². The van der Waals surface area contributed by atoms with Crippen molar-refractivity contribution in [3.8, 4) is 6.07 Å². The first kappa shape index (κ1) is 12.7. The molecule has 1 aliphatic carbocycles. The van der Waals surface area contributed by atoms with Crippen molar-refractivity contribution in [1.29, 1.82) is 5.26 Å². The second-order valence-corrected chi connectivity index (χ2v) is 5.47. The van der Waals surface area contributed by atoms with E-state index >= 15 is 0 Å². The Balaban J connectivity index is 2.09. The second-order valence-electron chi connectivity index (χ2n) is 5.47. The van der Waals surface area contributed by atoms with Gasteiger partial charge in [-0.25, -0.2) is 0 Å². The molecule has 0 N–H and O–H groups in total. The lowest BCUT2D eigenvalue weighted by Gasteiger charge is -2.27. The minimum Gasteiger partial charge on any atom is -0.374 e. The summed E-state index contributed by atoms with van der Waals surface area (Å²) in [5.74, 6) is 0. The summed E-state index contributed by atoms with van der Waals surface area (Å²) in [5, 5.41) is 13.6. The van der Waals surface area contributed by atoms with Gasteiger partial charge in [-0.05, 0) is 30.1 Å². The van der Waals surface area contributed by atoms with Crippen LogP contribution in [0, 0.1) is 11.3 Å². The van der Waals surface area contributed by atoms with E-state index in [2.05, 4.69) is 29.2 Å². The molecular formula is C16H18N4. The van der Waals surface area contributed by atoms with Crippen LogP contribution in [-0.4, -0.2) is 28.3 Å². The van der Waals surface area contributed by atoms with Gasteiger partial charge in [-0.1, -0.05) is 6.08 Å². The molecule has 0 amide bonds. The van der Waals surface area contributed by atoms with Crippen LogP contribution in [0.25, 0.3) is 5.57 Å². The highest BCUT2D eigenvalue weighted by atomic mass is 15.2. The zero-order chi connectivity index (χ0) is 14.1. The highest BCUT2D eigenvalue weighted by Gasteiger charge is 2.19. The summed E-state index contributed by atoms with van der Waals surface area (Å²) >= 11 is 0. The number of hydrogen-bond acceptors (Lipinski definition) is 3. The number of likely N-dealkylation sites (N-methyl/N-ethyl adjacent to an activating group) is 1. The monoisotopic (exact) mass is 266 g/mol. The molecule has 3 rings (SSSR count). The van der Waals surface area contributed by atoms with Crippen LogP contribution in [0.5, 0.6) is 0 Å². The maximum Gasteiger partial charge on any atom is 0.0951 e. The second kappa shape index (κ2) is 5.01. The molecule has 4 nitrogen and oxygen atoms in total. The Bertz CT molecular complexity index is 667. The molecule has 2 heterocycles. The Kier molecular flexibility index (Phi) is 3.19. The lowest BCUT2D eigenvalue weighted by atomic mass is 9.98. The van der Waals surface area contributed by atoms with Gasteiger partial charge in [0, 0.05) is 50.1 Å². The average Bonchev–Trinajstić information content (AvgIpc) is 2.76. The first-order valence-corrected chi connectivity index (χ1v) is 6.92. The van der Waals surface area contributed by atoms with E-state index in [1.807, 2.05) is 25.5 Å². The van der Waals surface area contributed by atoms with Gasteiger partial charge >= 0.3 is 0 Å². The van der Waals surface area contributed by atoms with Crippen LogP contribution in [0.4, 0.5) is 0 Å². The van der Waals surface area contributed by atoms with Crippen molar-refractivity contribution >= 4 is 5.57 Å². The van der Waals surface area contributed by atoms with Gasteiger partial charge in [-0.3, -0.25) is 4.68 Å². The third-order valence-corrected chi connectivity index (χ3v) is 3.94. The number of allylic oxidation sites excluding steroid dienone is 5. The summed E-state index contributed by atoms with van der Waals surface area (Å²) in [7, 11) is 4.02. The van der Waals surface area contributed by atoms with E-state index in [4.69, 9.17) is 0 Å². The number of aryl methyl sites for hydroxylation is 1. The third-order valence-electron chi connectivity index (χ3n) is 3.94. The number of nitrogens with zero attached hydrogens (tertiary/aromatic N) is 4. The lowest BCUT2D eigenvalue weighted by Crippen LogP contribution is -2.23. The van der Waals surface area contributed by atoms with Gasteiger partial charge in [-0.15, -0.1) is 0 Å². The fraction of sp³-hybridized carbons (Fsp3) is 0.375. The Hall–Kier alpha value is -2.28. The molecule has 0 saturated heterocycles. The van der Waals surface area contributed by atoms with Crippen molar-refractivity contribution in [3.63, 3.8) is 0 Å².